The SMILES string of the molecule is Cc1ccc(C(=O)OC(C)CC(C)OC(=O)OCC(C)(C)C)cc1. The predicted molar refractivity (Wildman–Crippen MR) is 92.0 cm³/mol. The van der Waals surface area contributed by atoms with Gasteiger partial charge in [-0.2, -0.15) is 0 Å². The summed E-state index contributed by atoms with van der Waals surface area (Å²) in [7, 11) is 0. The fourth-order valence-electron chi connectivity index (χ4n) is 1.98. The van der Waals surface area contributed by atoms with E-state index in [0.29, 0.717) is 12.0 Å². The Balaban J connectivity index is 2.38. The van der Waals surface area contributed by atoms with E-state index in [2.05, 4.69) is 0 Å². The molecule has 0 aromatic heterocycles. The molecule has 1 rings (SSSR count). The Bertz CT molecular complexity index is 542. The van der Waals surface area contributed by atoms with Gasteiger partial charge in [0.05, 0.1) is 12.2 Å². The van der Waals surface area contributed by atoms with Gasteiger partial charge in [0.15, 0.2) is 0 Å². The molecule has 0 saturated heterocycles. The lowest BCUT2D eigenvalue weighted by atomic mass is 9.99. The average Bonchev–Trinajstić information content (AvgIpc) is 2.44. The molecule has 5 heteroatoms. The Labute approximate surface area is 144 Å². The van der Waals surface area contributed by atoms with Crippen LogP contribution >= 0.6 is 0 Å². The summed E-state index contributed by atoms with van der Waals surface area (Å²) in [5.41, 5.74) is 1.47. The Morgan fingerprint density at radius 1 is 1.00 bits per heavy atom. The number of ether oxygens (including phenoxy) is 3. The zero-order valence-electron chi connectivity index (χ0n) is 15.4. The number of hydrogen-bond acceptors (Lipinski definition) is 5. The van der Waals surface area contributed by atoms with Gasteiger partial charge in [-0.15, -0.1) is 0 Å². The van der Waals surface area contributed by atoms with Gasteiger partial charge in [0.25, 0.3) is 0 Å². The molecule has 0 heterocycles. The van der Waals surface area contributed by atoms with Crippen LogP contribution in [0, 0.1) is 12.3 Å². The first-order valence-corrected chi connectivity index (χ1v) is 8.18. The van der Waals surface area contributed by atoms with E-state index in [4.69, 9.17) is 14.2 Å². The smallest absolute Gasteiger partial charge is 0.459 e. The zero-order chi connectivity index (χ0) is 18.3. The largest absolute Gasteiger partial charge is 0.508 e. The minimum absolute atomic E-state index is 0.112. The fraction of sp³-hybridized carbons (Fsp3) is 0.579. The lowest BCUT2D eigenvalue weighted by Crippen LogP contribution is -2.25. The van der Waals surface area contributed by atoms with Crippen molar-refractivity contribution in [1.29, 1.82) is 0 Å². The molecule has 2 unspecified atom stereocenters. The van der Waals surface area contributed by atoms with Crippen LogP contribution < -0.4 is 0 Å². The van der Waals surface area contributed by atoms with Crippen LogP contribution in [0.5, 0.6) is 0 Å². The van der Waals surface area contributed by atoms with Crippen molar-refractivity contribution in [3.8, 4) is 0 Å². The second-order valence-corrected chi connectivity index (χ2v) is 7.35. The van der Waals surface area contributed by atoms with Gasteiger partial charge < -0.3 is 14.2 Å². The summed E-state index contributed by atoms with van der Waals surface area (Å²) in [5, 5.41) is 0. The van der Waals surface area contributed by atoms with Gasteiger partial charge >= 0.3 is 12.1 Å². The van der Waals surface area contributed by atoms with E-state index in [9.17, 15) is 9.59 Å². The monoisotopic (exact) mass is 336 g/mol. The van der Waals surface area contributed by atoms with E-state index in [1.54, 1.807) is 26.0 Å². The van der Waals surface area contributed by atoms with Crippen molar-refractivity contribution in [2.75, 3.05) is 6.61 Å². The minimum Gasteiger partial charge on any atom is -0.459 e. The molecule has 0 radical (unpaired) electrons. The highest BCUT2D eigenvalue weighted by Gasteiger charge is 2.20. The summed E-state index contributed by atoms with van der Waals surface area (Å²) in [4.78, 5) is 23.6. The van der Waals surface area contributed by atoms with Crippen LogP contribution in [-0.4, -0.2) is 30.9 Å². The maximum Gasteiger partial charge on any atom is 0.508 e. The van der Waals surface area contributed by atoms with Crippen LogP contribution in [0.2, 0.25) is 0 Å². The molecular weight excluding hydrogens is 308 g/mol. The molecule has 1 aromatic rings. The second kappa shape index (κ2) is 8.71. The molecule has 0 amide bonds. The normalized spacial score (nSPS) is 13.8. The second-order valence-electron chi connectivity index (χ2n) is 7.35. The Morgan fingerprint density at radius 2 is 1.54 bits per heavy atom. The third-order valence-corrected chi connectivity index (χ3v) is 3.18. The standard InChI is InChI=1S/C19H28O5/c1-13-7-9-16(10-8-13)17(20)23-14(2)11-15(3)24-18(21)22-12-19(4,5)6/h7-10,14-15H,11-12H2,1-6H3. The first-order valence-electron chi connectivity index (χ1n) is 8.18. The van der Waals surface area contributed by atoms with Gasteiger partial charge in [-0.05, 0) is 38.3 Å². The van der Waals surface area contributed by atoms with Crippen molar-refractivity contribution in [2.45, 2.75) is 60.2 Å². The molecule has 0 fully saturated rings. The molecule has 1 aromatic carbocycles. The first kappa shape index (κ1) is 20.0. The van der Waals surface area contributed by atoms with E-state index in [-0.39, 0.29) is 24.1 Å². The summed E-state index contributed by atoms with van der Waals surface area (Å²) in [6.45, 7) is 11.7. The first-order chi connectivity index (χ1) is 11.1. The maximum absolute atomic E-state index is 12.0. The molecular formula is C19H28O5. The van der Waals surface area contributed by atoms with Crippen molar-refractivity contribution in [2.24, 2.45) is 5.41 Å². The lowest BCUT2D eigenvalue weighted by molar-refractivity contribution is -0.00824. The van der Waals surface area contributed by atoms with Crippen molar-refractivity contribution >= 4 is 12.1 Å². The van der Waals surface area contributed by atoms with E-state index < -0.39 is 12.3 Å². The molecule has 5 nitrogen and oxygen atoms in total. The number of esters is 1. The van der Waals surface area contributed by atoms with Gasteiger partial charge in [-0.3, -0.25) is 0 Å². The molecule has 2 atom stereocenters. The molecule has 134 valence electrons. The van der Waals surface area contributed by atoms with Crippen LogP contribution in [0.25, 0.3) is 0 Å². The van der Waals surface area contributed by atoms with Gasteiger partial charge in [0.1, 0.15) is 12.2 Å². The van der Waals surface area contributed by atoms with Crippen LogP contribution in [0.3, 0.4) is 0 Å². The van der Waals surface area contributed by atoms with Gasteiger partial charge in [-0.25, -0.2) is 9.59 Å². The number of aryl methyl sites for hydroxylation is 1. The van der Waals surface area contributed by atoms with Gasteiger partial charge in [-0.1, -0.05) is 38.5 Å². The quantitative estimate of drug-likeness (QED) is 0.715. The molecule has 0 bridgehead atoms. The number of carbonyl (C=O) groups is 2. The summed E-state index contributed by atoms with van der Waals surface area (Å²) in [5.74, 6) is -0.384. The average molecular weight is 336 g/mol. The highest BCUT2D eigenvalue weighted by molar-refractivity contribution is 5.89. The van der Waals surface area contributed by atoms with Gasteiger partial charge in [0.2, 0.25) is 0 Å². The fourth-order valence-corrected chi connectivity index (χ4v) is 1.98. The number of benzene rings is 1. The molecule has 0 aliphatic carbocycles. The van der Waals surface area contributed by atoms with Gasteiger partial charge in [0, 0.05) is 6.42 Å². The Morgan fingerprint density at radius 3 is 2.08 bits per heavy atom. The van der Waals surface area contributed by atoms with Crippen molar-refractivity contribution in [3.05, 3.63) is 35.4 Å². The third-order valence-electron chi connectivity index (χ3n) is 3.18. The Hall–Kier alpha value is -2.04. The number of rotatable bonds is 6. The summed E-state index contributed by atoms with van der Waals surface area (Å²) in [6.07, 6.45) is -1.07. The highest BCUT2D eigenvalue weighted by atomic mass is 16.7. The molecule has 0 saturated carbocycles. The van der Waals surface area contributed by atoms with E-state index >= 15 is 0 Å². The number of hydrogen-bond donors (Lipinski definition) is 0. The zero-order valence-corrected chi connectivity index (χ0v) is 15.4. The molecule has 0 aliphatic rings. The van der Waals surface area contributed by atoms with Crippen LogP contribution in [0.15, 0.2) is 24.3 Å². The van der Waals surface area contributed by atoms with E-state index in [1.165, 1.54) is 0 Å². The molecule has 0 aliphatic heterocycles. The molecule has 0 spiro atoms. The summed E-state index contributed by atoms with van der Waals surface area (Å²) in [6, 6.07) is 7.18. The number of carbonyl (C=O) groups excluding carboxylic acids is 2. The van der Waals surface area contributed by atoms with E-state index in [1.807, 2.05) is 39.8 Å². The molecule has 24 heavy (non-hydrogen) atoms. The summed E-state index contributed by atoms with van der Waals surface area (Å²) >= 11 is 0. The topological polar surface area (TPSA) is 61.8 Å². The maximum atomic E-state index is 12.0. The third kappa shape index (κ3) is 7.99. The van der Waals surface area contributed by atoms with E-state index in [0.717, 1.165) is 5.56 Å². The lowest BCUT2D eigenvalue weighted by Gasteiger charge is -2.21. The van der Waals surface area contributed by atoms with Crippen molar-refractivity contribution in [3.63, 3.8) is 0 Å². The van der Waals surface area contributed by atoms with Crippen LogP contribution in [0.4, 0.5) is 4.79 Å². The van der Waals surface area contributed by atoms with Crippen LogP contribution in [0.1, 0.15) is 57.0 Å². The minimum atomic E-state index is -0.700. The van der Waals surface area contributed by atoms with Crippen molar-refractivity contribution < 1.29 is 23.8 Å². The summed E-state index contributed by atoms with van der Waals surface area (Å²) < 4.78 is 15.6. The molecule has 0 N–H and O–H groups in total. The van der Waals surface area contributed by atoms with Crippen molar-refractivity contribution in [1.82, 2.24) is 0 Å². The van der Waals surface area contributed by atoms with Crippen LogP contribution in [-0.2, 0) is 14.2 Å². The predicted octanol–water partition coefficient (Wildman–Crippen LogP) is 4.52. The highest BCUT2D eigenvalue weighted by Crippen LogP contribution is 2.15. The Kier molecular flexibility index (Phi) is 7.26.